The molecule has 0 fully saturated rings. The van der Waals surface area contributed by atoms with E-state index in [4.69, 9.17) is 0 Å². The van der Waals surface area contributed by atoms with E-state index in [1.165, 1.54) is 6.20 Å². The van der Waals surface area contributed by atoms with Crippen LogP contribution in [0.1, 0.15) is 29.4 Å². The Labute approximate surface area is 70.8 Å². The number of aromatic nitrogens is 2. The maximum Gasteiger partial charge on any atom is 0.0749 e. The first-order valence-electron chi connectivity index (χ1n) is 3.90. The molecule has 0 aliphatic rings. The van der Waals surface area contributed by atoms with Crippen molar-refractivity contribution >= 4 is 5.97 Å². The number of aromatic carboxylic acids is 1. The number of hydrogen-bond donors (Lipinski definition) is 0. The fraction of sp³-hybridized carbons (Fsp3) is 0.500. The molecule has 0 N–H and O–H groups in total. The number of nitrogens with zero attached hydrogens (tertiary/aromatic N) is 2. The molecule has 0 saturated carbocycles. The SMILES string of the molecule is CCCn1cc(C(=O)[O-])c(C)n1. The molecule has 66 valence electrons. The van der Waals surface area contributed by atoms with Gasteiger partial charge in [0.05, 0.1) is 11.7 Å². The lowest BCUT2D eigenvalue weighted by atomic mass is 10.3. The first kappa shape index (κ1) is 8.77. The minimum atomic E-state index is -1.16. The van der Waals surface area contributed by atoms with E-state index in [9.17, 15) is 9.90 Å². The first-order chi connectivity index (χ1) is 5.65. The fourth-order valence-corrected chi connectivity index (χ4v) is 1.06. The number of carboxylic acid groups (broad SMARTS) is 1. The van der Waals surface area contributed by atoms with Crippen LogP contribution in [0.2, 0.25) is 0 Å². The first-order valence-corrected chi connectivity index (χ1v) is 3.90. The third-order valence-electron chi connectivity index (χ3n) is 1.62. The molecular formula is C8H11N2O2-. The summed E-state index contributed by atoms with van der Waals surface area (Å²) >= 11 is 0. The summed E-state index contributed by atoms with van der Waals surface area (Å²) in [7, 11) is 0. The summed E-state index contributed by atoms with van der Waals surface area (Å²) in [5.74, 6) is -1.16. The van der Waals surface area contributed by atoms with Crippen LogP contribution in [0.5, 0.6) is 0 Å². The van der Waals surface area contributed by atoms with Gasteiger partial charge in [0.25, 0.3) is 0 Å². The van der Waals surface area contributed by atoms with Gasteiger partial charge < -0.3 is 9.90 Å². The Morgan fingerprint density at radius 1 is 1.75 bits per heavy atom. The maximum atomic E-state index is 10.5. The summed E-state index contributed by atoms with van der Waals surface area (Å²) in [6, 6.07) is 0. The smallest absolute Gasteiger partial charge is 0.0749 e. The van der Waals surface area contributed by atoms with Gasteiger partial charge >= 0.3 is 0 Å². The van der Waals surface area contributed by atoms with Crippen molar-refractivity contribution < 1.29 is 9.90 Å². The molecule has 1 rings (SSSR count). The van der Waals surface area contributed by atoms with E-state index in [0.29, 0.717) is 5.69 Å². The maximum absolute atomic E-state index is 10.5. The van der Waals surface area contributed by atoms with Crippen LogP contribution in [0.4, 0.5) is 0 Å². The Kier molecular flexibility index (Phi) is 2.47. The van der Waals surface area contributed by atoms with Gasteiger partial charge in [-0.05, 0) is 13.3 Å². The molecule has 0 aliphatic carbocycles. The number of aryl methyl sites for hydroxylation is 2. The molecule has 12 heavy (non-hydrogen) atoms. The highest BCUT2D eigenvalue weighted by molar-refractivity contribution is 5.86. The van der Waals surface area contributed by atoms with E-state index >= 15 is 0 Å². The molecule has 0 aliphatic heterocycles. The Morgan fingerprint density at radius 2 is 2.42 bits per heavy atom. The molecule has 1 aromatic rings. The molecule has 0 unspecified atom stereocenters. The van der Waals surface area contributed by atoms with Gasteiger partial charge in [-0.3, -0.25) is 4.68 Å². The molecule has 0 spiro atoms. The van der Waals surface area contributed by atoms with E-state index < -0.39 is 5.97 Å². The standard InChI is InChI=1S/C8H12N2O2/c1-3-4-10-5-7(8(11)12)6(2)9-10/h5H,3-4H2,1-2H3,(H,11,12)/p-1. The van der Waals surface area contributed by atoms with Gasteiger partial charge in [-0.15, -0.1) is 0 Å². The average molecular weight is 167 g/mol. The van der Waals surface area contributed by atoms with Gasteiger partial charge in [0.1, 0.15) is 0 Å². The highest BCUT2D eigenvalue weighted by Crippen LogP contribution is 2.04. The minimum Gasteiger partial charge on any atom is -0.545 e. The number of hydrogen-bond acceptors (Lipinski definition) is 3. The average Bonchev–Trinajstić information content (AvgIpc) is 2.32. The Bertz CT molecular complexity index is 291. The van der Waals surface area contributed by atoms with Gasteiger partial charge in [0, 0.05) is 18.3 Å². The highest BCUT2D eigenvalue weighted by atomic mass is 16.4. The molecule has 0 radical (unpaired) electrons. The van der Waals surface area contributed by atoms with Crippen molar-refractivity contribution in [2.75, 3.05) is 0 Å². The summed E-state index contributed by atoms with van der Waals surface area (Å²) in [6.45, 7) is 4.42. The molecule has 0 atom stereocenters. The summed E-state index contributed by atoms with van der Waals surface area (Å²) in [4.78, 5) is 10.5. The highest BCUT2D eigenvalue weighted by Gasteiger charge is 2.03. The molecule has 1 heterocycles. The van der Waals surface area contributed by atoms with E-state index in [1.807, 2.05) is 6.92 Å². The monoisotopic (exact) mass is 167 g/mol. The lowest BCUT2D eigenvalue weighted by Gasteiger charge is -1.96. The minimum absolute atomic E-state index is 0.184. The number of rotatable bonds is 3. The van der Waals surface area contributed by atoms with Crippen molar-refractivity contribution in [3.8, 4) is 0 Å². The Balaban J connectivity index is 2.92. The normalized spacial score (nSPS) is 10.2. The van der Waals surface area contributed by atoms with Gasteiger partial charge in [-0.1, -0.05) is 6.92 Å². The quantitative estimate of drug-likeness (QED) is 0.635. The van der Waals surface area contributed by atoms with Crippen LogP contribution < -0.4 is 5.11 Å². The van der Waals surface area contributed by atoms with Crippen molar-refractivity contribution in [3.63, 3.8) is 0 Å². The van der Waals surface area contributed by atoms with Crippen LogP contribution in [-0.2, 0) is 6.54 Å². The second kappa shape index (κ2) is 3.38. The zero-order chi connectivity index (χ0) is 9.14. The van der Waals surface area contributed by atoms with Crippen LogP contribution >= 0.6 is 0 Å². The van der Waals surface area contributed by atoms with Crippen LogP contribution in [0.3, 0.4) is 0 Å². The predicted molar refractivity (Wildman–Crippen MR) is 41.6 cm³/mol. The van der Waals surface area contributed by atoms with E-state index in [1.54, 1.807) is 11.6 Å². The molecule has 0 bridgehead atoms. The van der Waals surface area contributed by atoms with Crippen molar-refractivity contribution in [1.82, 2.24) is 9.78 Å². The molecule has 4 nitrogen and oxygen atoms in total. The van der Waals surface area contributed by atoms with E-state index in [-0.39, 0.29) is 5.56 Å². The summed E-state index contributed by atoms with van der Waals surface area (Å²) in [6.07, 6.45) is 2.45. The Hall–Kier alpha value is -1.32. The zero-order valence-electron chi connectivity index (χ0n) is 7.20. The second-order valence-corrected chi connectivity index (χ2v) is 2.68. The number of carbonyl (C=O) groups excluding carboxylic acids is 1. The number of carboxylic acids is 1. The molecule has 1 aromatic heterocycles. The lowest BCUT2D eigenvalue weighted by molar-refractivity contribution is -0.255. The summed E-state index contributed by atoms with van der Waals surface area (Å²) < 4.78 is 1.63. The molecule has 0 amide bonds. The number of carbonyl (C=O) groups is 1. The summed E-state index contributed by atoms with van der Waals surface area (Å²) in [5, 5.41) is 14.5. The van der Waals surface area contributed by atoms with Crippen LogP contribution in [0.15, 0.2) is 6.20 Å². The Morgan fingerprint density at radius 3 is 2.83 bits per heavy atom. The lowest BCUT2D eigenvalue weighted by Crippen LogP contribution is -2.22. The topological polar surface area (TPSA) is 58.0 Å². The van der Waals surface area contributed by atoms with Crippen LogP contribution in [0.25, 0.3) is 0 Å². The second-order valence-electron chi connectivity index (χ2n) is 2.68. The van der Waals surface area contributed by atoms with Crippen molar-refractivity contribution in [2.45, 2.75) is 26.8 Å². The molecule has 4 heteroatoms. The summed E-state index contributed by atoms with van der Waals surface area (Å²) in [5.41, 5.74) is 0.701. The van der Waals surface area contributed by atoms with Crippen molar-refractivity contribution in [3.05, 3.63) is 17.5 Å². The molecular weight excluding hydrogens is 156 g/mol. The largest absolute Gasteiger partial charge is 0.545 e. The van der Waals surface area contributed by atoms with Gasteiger partial charge in [0.2, 0.25) is 0 Å². The van der Waals surface area contributed by atoms with Crippen LogP contribution in [-0.4, -0.2) is 15.7 Å². The third kappa shape index (κ3) is 1.64. The van der Waals surface area contributed by atoms with Crippen molar-refractivity contribution in [1.29, 1.82) is 0 Å². The fourth-order valence-electron chi connectivity index (χ4n) is 1.06. The zero-order valence-corrected chi connectivity index (χ0v) is 7.20. The molecule has 0 aromatic carbocycles. The molecule has 0 saturated heterocycles. The van der Waals surface area contributed by atoms with Crippen LogP contribution in [0, 0.1) is 6.92 Å². The van der Waals surface area contributed by atoms with E-state index in [0.717, 1.165) is 13.0 Å². The van der Waals surface area contributed by atoms with Gasteiger partial charge in [0.15, 0.2) is 0 Å². The predicted octanol–water partition coefficient (Wildman–Crippen LogP) is -0.0350. The van der Waals surface area contributed by atoms with Crippen molar-refractivity contribution in [2.24, 2.45) is 0 Å². The third-order valence-corrected chi connectivity index (χ3v) is 1.62. The van der Waals surface area contributed by atoms with E-state index in [2.05, 4.69) is 5.10 Å². The van der Waals surface area contributed by atoms with Gasteiger partial charge in [-0.2, -0.15) is 5.10 Å². The van der Waals surface area contributed by atoms with Gasteiger partial charge in [-0.25, -0.2) is 0 Å².